The first-order valence-electron chi connectivity index (χ1n) is 10.2. The van der Waals surface area contributed by atoms with Crippen LogP contribution in [0.25, 0.3) is 0 Å². The van der Waals surface area contributed by atoms with E-state index in [0.717, 1.165) is 37.8 Å². The molecule has 1 aromatic carbocycles. The van der Waals surface area contributed by atoms with E-state index in [2.05, 4.69) is 46.7 Å². The second-order valence-electron chi connectivity index (χ2n) is 7.10. The highest BCUT2D eigenvalue weighted by Crippen LogP contribution is 2.14. The van der Waals surface area contributed by atoms with Gasteiger partial charge in [0.15, 0.2) is 5.96 Å². The molecule has 2 N–H and O–H groups in total. The minimum atomic E-state index is 0. The molecule has 3 rings (SSSR count). The van der Waals surface area contributed by atoms with Gasteiger partial charge in [0.1, 0.15) is 5.76 Å². The van der Waals surface area contributed by atoms with E-state index in [1.165, 1.54) is 43.5 Å². The normalized spacial score (nSPS) is 15.1. The summed E-state index contributed by atoms with van der Waals surface area (Å²) in [6.45, 7) is 7.96. The zero-order chi connectivity index (χ0) is 18.7. The Morgan fingerprint density at radius 1 is 1.04 bits per heavy atom. The summed E-state index contributed by atoms with van der Waals surface area (Å²) >= 11 is 0. The highest BCUT2D eigenvalue weighted by Gasteiger charge is 2.10. The fourth-order valence-electron chi connectivity index (χ4n) is 3.40. The van der Waals surface area contributed by atoms with Crippen LogP contribution in [0.5, 0.6) is 0 Å². The lowest BCUT2D eigenvalue weighted by Gasteiger charge is -2.26. The van der Waals surface area contributed by atoms with Gasteiger partial charge in [-0.2, -0.15) is 0 Å². The molecule has 5 nitrogen and oxygen atoms in total. The van der Waals surface area contributed by atoms with Crippen molar-refractivity contribution in [2.75, 3.05) is 26.2 Å². The average molecular weight is 496 g/mol. The van der Waals surface area contributed by atoms with E-state index in [0.29, 0.717) is 6.54 Å². The van der Waals surface area contributed by atoms with Gasteiger partial charge in [-0.05, 0) is 56.1 Å². The molecule has 1 fully saturated rings. The van der Waals surface area contributed by atoms with E-state index in [4.69, 9.17) is 9.41 Å². The molecule has 0 amide bonds. The van der Waals surface area contributed by atoms with E-state index >= 15 is 0 Å². The van der Waals surface area contributed by atoms with Gasteiger partial charge in [0.25, 0.3) is 0 Å². The summed E-state index contributed by atoms with van der Waals surface area (Å²) in [7, 11) is 0. The van der Waals surface area contributed by atoms with Crippen LogP contribution >= 0.6 is 24.0 Å². The molecule has 1 aromatic heterocycles. The highest BCUT2D eigenvalue weighted by atomic mass is 127. The number of piperidine rings is 1. The first-order chi connectivity index (χ1) is 13.3. The second kappa shape index (κ2) is 12.8. The van der Waals surface area contributed by atoms with Crippen LogP contribution in [-0.2, 0) is 19.5 Å². The van der Waals surface area contributed by atoms with Gasteiger partial charge in [-0.25, -0.2) is 4.99 Å². The van der Waals surface area contributed by atoms with Crippen molar-refractivity contribution in [2.45, 2.75) is 45.7 Å². The monoisotopic (exact) mass is 496 g/mol. The largest absolute Gasteiger partial charge is 0.469 e. The third-order valence-corrected chi connectivity index (χ3v) is 4.89. The Hall–Kier alpha value is -1.54. The summed E-state index contributed by atoms with van der Waals surface area (Å²) in [5.41, 5.74) is 2.63. The number of nitrogens with one attached hydrogen (secondary N) is 2. The first-order valence-corrected chi connectivity index (χ1v) is 10.2. The van der Waals surface area contributed by atoms with E-state index in [9.17, 15) is 0 Å². The van der Waals surface area contributed by atoms with Gasteiger partial charge in [-0.3, -0.25) is 4.90 Å². The fraction of sp³-hybridized carbons (Fsp3) is 0.500. The zero-order valence-electron chi connectivity index (χ0n) is 16.8. The zero-order valence-corrected chi connectivity index (χ0v) is 19.2. The number of furan rings is 1. The van der Waals surface area contributed by atoms with Crippen LogP contribution in [0.15, 0.2) is 52.1 Å². The molecule has 2 aromatic rings. The van der Waals surface area contributed by atoms with E-state index in [1.54, 1.807) is 6.26 Å². The van der Waals surface area contributed by atoms with Gasteiger partial charge in [0, 0.05) is 26.1 Å². The molecular formula is C22H33IN4O. The summed E-state index contributed by atoms with van der Waals surface area (Å²) in [6.07, 6.45) is 6.63. The molecule has 28 heavy (non-hydrogen) atoms. The van der Waals surface area contributed by atoms with Crippen LogP contribution in [0.1, 0.15) is 43.1 Å². The number of likely N-dealkylation sites (tertiary alicyclic amines) is 1. The molecule has 1 saturated heterocycles. The third-order valence-electron chi connectivity index (χ3n) is 4.89. The Bertz CT molecular complexity index is 679. The van der Waals surface area contributed by atoms with Gasteiger partial charge in [0.2, 0.25) is 0 Å². The predicted octanol–water partition coefficient (Wildman–Crippen LogP) is 4.18. The number of rotatable bonds is 8. The maximum absolute atomic E-state index is 5.37. The topological polar surface area (TPSA) is 52.8 Å². The molecule has 0 spiro atoms. The van der Waals surface area contributed by atoms with Gasteiger partial charge < -0.3 is 15.1 Å². The SMILES string of the molecule is CCNC(=NCc1ccc(CN2CCCCC2)cc1)NCCc1ccco1.I. The van der Waals surface area contributed by atoms with E-state index in [-0.39, 0.29) is 24.0 Å². The fourth-order valence-corrected chi connectivity index (χ4v) is 3.40. The van der Waals surface area contributed by atoms with Crippen molar-refractivity contribution in [2.24, 2.45) is 4.99 Å². The van der Waals surface area contributed by atoms with Gasteiger partial charge in [0.05, 0.1) is 12.8 Å². The maximum Gasteiger partial charge on any atom is 0.191 e. The van der Waals surface area contributed by atoms with Crippen LogP contribution < -0.4 is 10.6 Å². The number of aliphatic imine (C=N–C) groups is 1. The Kier molecular flexibility index (Phi) is 10.4. The molecule has 6 heteroatoms. The van der Waals surface area contributed by atoms with Crippen molar-refractivity contribution in [1.29, 1.82) is 0 Å². The lowest BCUT2D eigenvalue weighted by molar-refractivity contribution is 0.221. The van der Waals surface area contributed by atoms with Gasteiger partial charge in [-0.1, -0.05) is 30.7 Å². The molecular weight excluding hydrogens is 463 g/mol. The molecule has 154 valence electrons. The summed E-state index contributed by atoms with van der Waals surface area (Å²) in [5, 5.41) is 6.67. The van der Waals surface area contributed by atoms with Crippen LogP contribution in [0.2, 0.25) is 0 Å². The second-order valence-corrected chi connectivity index (χ2v) is 7.10. The van der Waals surface area contributed by atoms with Crippen LogP contribution in [0, 0.1) is 0 Å². The molecule has 0 radical (unpaired) electrons. The number of hydrogen-bond donors (Lipinski definition) is 2. The van der Waals surface area contributed by atoms with Crippen LogP contribution in [0.4, 0.5) is 0 Å². The number of hydrogen-bond acceptors (Lipinski definition) is 3. The lowest BCUT2D eigenvalue weighted by Crippen LogP contribution is -2.38. The molecule has 0 bridgehead atoms. The standard InChI is InChI=1S/C22H32N4O.HI/c1-2-23-22(24-13-12-21-7-6-16-27-21)25-17-19-8-10-20(11-9-19)18-26-14-4-3-5-15-26;/h6-11,16H,2-5,12-15,17-18H2,1H3,(H2,23,24,25);1H. The lowest BCUT2D eigenvalue weighted by atomic mass is 10.1. The van der Waals surface area contributed by atoms with Crippen LogP contribution in [0.3, 0.4) is 0 Å². The van der Waals surface area contributed by atoms with Gasteiger partial charge >= 0.3 is 0 Å². The van der Waals surface area contributed by atoms with Crippen molar-refractivity contribution in [1.82, 2.24) is 15.5 Å². The Labute approximate surface area is 186 Å². The van der Waals surface area contributed by atoms with Gasteiger partial charge in [-0.15, -0.1) is 24.0 Å². The number of halogens is 1. The molecule has 0 unspecified atom stereocenters. The molecule has 1 aliphatic heterocycles. The Balaban J connectivity index is 0.00000280. The third kappa shape index (κ3) is 7.83. The summed E-state index contributed by atoms with van der Waals surface area (Å²) in [6, 6.07) is 12.8. The summed E-state index contributed by atoms with van der Waals surface area (Å²) < 4.78 is 5.37. The smallest absolute Gasteiger partial charge is 0.191 e. The molecule has 0 saturated carbocycles. The highest BCUT2D eigenvalue weighted by molar-refractivity contribution is 14.0. The number of nitrogens with zero attached hydrogens (tertiary/aromatic N) is 2. The average Bonchev–Trinajstić information content (AvgIpc) is 3.21. The molecule has 2 heterocycles. The van der Waals surface area contributed by atoms with Crippen molar-refractivity contribution >= 4 is 29.9 Å². The Morgan fingerprint density at radius 2 is 1.79 bits per heavy atom. The van der Waals surface area contributed by atoms with Crippen LogP contribution in [-0.4, -0.2) is 37.0 Å². The first kappa shape index (κ1) is 22.7. The van der Waals surface area contributed by atoms with Crippen molar-refractivity contribution in [3.63, 3.8) is 0 Å². The van der Waals surface area contributed by atoms with Crippen molar-refractivity contribution < 1.29 is 4.42 Å². The summed E-state index contributed by atoms with van der Waals surface area (Å²) in [4.78, 5) is 7.26. The van der Waals surface area contributed by atoms with Crippen molar-refractivity contribution in [3.05, 3.63) is 59.5 Å². The molecule has 1 aliphatic rings. The Morgan fingerprint density at radius 3 is 2.46 bits per heavy atom. The van der Waals surface area contributed by atoms with E-state index < -0.39 is 0 Å². The molecule has 0 aliphatic carbocycles. The quantitative estimate of drug-likeness (QED) is 0.327. The summed E-state index contributed by atoms with van der Waals surface area (Å²) in [5.74, 6) is 1.84. The number of guanidine groups is 1. The molecule has 0 atom stereocenters. The minimum absolute atomic E-state index is 0. The minimum Gasteiger partial charge on any atom is -0.469 e. The predicted molar refractivity (Wildman–Crippen MR) is 126 cm³/mol. The van der Waals surface area contributed by atoms with Crippen molar-refractivity contribution in [3.8, 4) is 0 Å². The maximum atomic E-state index is 5.37. The number of benzene rings is 1. The van der Waals surface area contributed by atoms with E-state index in [1.807, 2.05) is 12.1 Å².